The number of aryl methyl sites for hydroxylation is 2. The first-order valence-electron chi connectivity index (χ1n) is 8.46. The number of ether oxygens (including phenoxy) is 2. The van der Waals surface area contributed by atoms with Crippen LogP contribution in [0.25, 0.3) is 0 Å². The predicted octanol–water partition coefficient (Wildman–Crippen LogP) is 2.65. The van der Waals surface area contributed by atoms with Gasteiger partial charge in [0.05, 0.1) is 18.1 Å². The molecule has 2 aliphatic heterocycles. The molecule has 2 aliphatic rings. The smallest absolute Gasteiger partial charge is 0.241 e. The summed E-state index contributed by atoms with van der Waals surface area (Å²) in [6.07, 6.45) is 1.62. The van der Waals surface area contributed by atoms with Crippen molar-refractivity contribution in [3.63, 3.8) is 0 Å². The first kappa shape index (κ1) is 16.4. The van der Waals surface area contributed by atoms with E-state index >= 15 is 0 Å². The van der Waals surface area contributed by atoms with Crippen LogP contribution in [-0.4, -0.2) is 21.6 Å². The number of sulfonamides is 1. The summed E-state index contributed by atoms with van der Waals surface area (Å²) in [6.45, 7) is 5.18. The molecule has 0 bridgehead atoms. The van der Waals surface area contributed by atoms with Crippen molar-refractivity contribution in [1.29, 1.82) is 0 Å². The van der Waals surface area contributed by atoms with Gasteiger partial charge in [-0.3, -0.25) is 0 Å². The fourth-order valence-electron chi connectivity index (χ4n) is 3.51. The molecular weight excluding hydrogens is 338 g/mol. The monoisotopic (exact) mass is 359 g/mol. The second-order valence-corrected chi connectivity index (χ2v) is 8.35. The van der Waals surface area contributed by atoms with Crippen molar-refractivity contribution in [2.75, 3.05) is 13.2 Å². The summed E-state index contributed by atoms with van der Waals surface area (Å²) in [4.78, 5) is 0.328. The number of fused-ring (bicyclic) bond motifs is 2. The Labute approximate surface area is 148 Å². The number of benzene rings is 2. The molecule has 0 amide bonds. The topological polar surface area (TPSA) is 64.6 Å². The lowest BCUT2D eigenvalue weighted by Crippen LogP contribution is -2.25. The normalized spacial score (nSPS) is 15.4. The first-order chi connectivity index (χ1) is 12.0. The minimum absolute atomic E-state index is 0.213. The second kappa shape index (κ2) is 6.04. The van der Waals surface area contributed by atoms with E-state index in [4.69, 9.17) is 9.47 Å². The molecule has 2 heterocycles. The lowest BCUT2D eigenvalue weighted by molar-refractivity contribution is 0.352. The number of hydrogen-bond acceptors (Lipinski definition) is 4. The molecule has 0 radical (unpaired) electrons. The van der Waals surface area contributed by atoms with Crippen molar-refractivity contribution in [3.8, 4) is 11.5 Å². The standard InChI is InChI=1S/C19H21NO4S/c1-12-3-4-13(2)18(9-12)25(21,22)20-11-16-15-6-8-23-17(15)10-14-5-7-24-19(14)16/h3-4,9-10,20H,5-8,11H2,1-2H3. The summed E-state index contributed by atoms with van der Waals surface area (Å²) in [6, 6.07) is 7.49. The highest BCUT2D eigenvalue weighted by atomic mass is 32.2. The minimum Gasteiger partial charge on any atom is -0.493 e. The Kier molecular flexibility index (Phi) is 3.96. The first-order valence-corrected chi connectivity index (χ1v) is 9.94. The third-order valence-corrected chi connectivity index (χ3v) is 6.38. The fourth-order valence-corrected chi connectivity index (χ4v) is 4.84. The van der Waals surface area contributed by atoms with Crippen LogP contribution in [0.4, 0.5) is 0 Å². The molecule has 132 valence electrons. The fraction of sp³-hybridized carbons (Fsp3) is 0.368. The van der Waals surface area contributed by atoms with Crippen LogP contribution in [-0.2, 0) is 29.4 Å². The molecule has 0 fully saturated rings. The predicted molar refractivity (Wildman–Crippen MR) is 94.8 cm³/mol. The third-order valence-electron chi connectivity index (χ3n) is 4.83. The number of rotatable bonds is 4. The highest BCUT2D eigenvalue weighted by molar-refractivity contribution is 7.89. The number of hydrogen-bond donors (Lipinski definition) is 1. The van der Waals surface area contributed by atoms with Crippen LogP contribution in [0.5, 0.6) is 11.5 Å². The van der Waals surface area contributed by atoms with Crippen molar-refractivity contribution in [2.24, 2.45) is 0 Å². The molecular formula is C19H21NO4S. The quantitative estimate of drug-likeness (QED) is 0.911. The summed E-state index contributed by atoms with van der Waals surface area (Å²) in [7, 11) is -3.59. The largest absolute Gasteiger partial charge is 0.493 e. The van der Waals surface area contributed by atoms with E-state index in [0.29, 0.717) is 18.1 Å². The van der Waals surface area contributed by atoms with Crippen LogP contribution in [0.1, 0.15) is 27.8 Å². The van der Waals surface area contributed by atoms with Gasteiger partial charge in [-0.2, -0.15) is 0 Å². The van der Waals surface area contributed by atoms with Crippen LogP contribution < -0.4 is 14.2 Å². The van der Waals surface area contributed by atoms with Crippen LogP contribution in [0.15, 0.2) is 29.2 Å². The molecule has 0 aliphatic carbocycles. The van der Waals surface area contributed by atoms with E-state index in [9.17, 15) is 8.42 Å². The second-order valence-electron chi connectivity index (χ2n) is 6.61. The highest BCUT2D eigenvalue weighted by Gasteiger charge is 2.27. The van der Waals surface area contributed by atoms with Gasteiger partial charge in [0.1, 0.15) is 11.5 Å². The lowest BCUT2D eigenvalue weighted by Gasteiger charge is -2.15. The average Bonchev–Trinajstić information content (AvgIpc) is 3.22. The molecule has 5 nitrogen and oxygen atoms in total. The molecule has 2 aromatic carbocycles. The summed E-state index contributed by atoms with van der Waals surface area (Å²) in [5.41, 5.74) is 4.73. The van der Waals surface area contributed by atoms with Crippen molar-refractivity contribution in [3.05, 3.63) is 52.1 Å². The van der Waals surface area contributed by atoms with Gasteiger partial charge >= 0.3 is 0 Å². The zero-order valence-corrected chi connectivity index (χ0v) is 15.2. The van der Waals surface area contributed by atoms with Crippen LogP contribution in [0, 0.1) is 13.8 Å². The molecule has 25 heavy (non-hydrogen) atoms. The molecule has 2 aromatic rings. The highest BCUT2D eigenvalue weighted by Crippen LogP contribution is 2.40. The van der Waals surface area contributed by atoms with Gasteiger partial charge in [0.15, 0.2) is 0 Å². The van der Waals surface area contributed by atoms with Crippen molar-refractivity contribution >= 4 is 10.0 Å². The Morgan fingerprint density at radius 1 is 1.08 bits per heavy atom. The maximum atomic E-state index is 12.8. The average molecular weight is 359 g/mol. The molecule has 4 rings (SSSR count). The maximum Gasteiger partial charge on any atom is 0.241 e. The van der Waals surface area contributed by atoms with Gasteiger partial charge in [0.2, 0.25) is 10.0 Å². The van der Waals surface area contributed by atoms with Gasteiger partial charge in [-0.05, 0) is 37.1 Å². The number of nitrogens with one attached hydrogen (secondary N) is 1. The summed E-state index contributed by atoms with van der Waals surface area (Å²) < 4.78 is 39.8. The zero-order chi connectivity index (χ0) is 17.6. The van der Waals surface area contributed by atoms with E-state index in [2.05, 4.69) is 4.72 Å². The van der Waals surface area contributed by atoms with Gasteiger partial charge in [0.25, 0.3) is 0 Å². The molecule has 0 saturated heterocycles. The van der Waals surface area contributed by atoms with Gasteiger partial charge in [0, 0.05) is 36.1 Å². The van der Waals surface area contributed by atoms with E-state index in [1.54, 1.807) is 6.07 Å². The van der Waals surface area contributed by atoms with E-state index in [-0.39, 0.29) is 6.54 Å². The molecule has 6 heteroatoms. The van der Waals surface area contributed by atoms with Gasteiger partial charge < -0.3 is 9.47 Å². The van der Waals surface area contributed by atoms with Gasteiger partial charge in [-0.25, -0.2) is 13.1 Å². The minimum atomic E-state index is -3.59. The molecule has 1 N–H and O–H groups in total. The molecule has 0 unspecified atom stereocenters. The van der Waals surface area contributed by atoms with Crippen molar-refractivity contribution in [2.45, 2.75) is 38.1 Å². The van der Waals surface area contributed by atoms with E-state index in [1.165, 1.54) is 0 Å². The summed E-state index contributed by atoms with van der Waals surface area (Å²) in [5.74, 6) is 1.69. The Morgan fingerprint density at radius 3 is 2.72 bits per heavy atom. The molecule has 0 atom stereocenters. The van der Waals surface area contributed by atoms with Crippen molar-refractivity contribution < 1.29 is 17.9 Å². The van der Waals surface area contributed by atoms with E-state index in [1.807, 2.05) is 32.0 Å². The van der Waals surface area contributed by atoms with Crippen LogP contribution >= 0.6 is 0 Å². The Bertz CT molecular complexity index is 918. The van der Waals surface area contributed by atoms with Crippen LogP contribution in [0.2, 0.25) is 0 Å². The van der Waals surface area contributed by atoms with Crippen LogP contribution in [0.3, 0.4) is 0 Å². The molecule has 0 spiro atoms. The van der Waals surface area contributed by atoms with Gasteiger partial charge in [-0.1, -0.05) is 12.1 Å². The maximum absolute atomic E-state index is 12.8. The molecule has 0 saturated carbocycles. The van der Waals surface area contributed by atoms with E-state index in [0.717, 1.165) is 52.2 Å². The summed E-state index contributed by atoms with van der Waals surface area (Å²) in [5, 5.41) is 0. The third kappa shape index (κ3) is 2.89. The lowest BCUT2D eigenvalue weighted by atomic mass is 10.00. The van der Waals surface area contributed by atoms with E-state index < -0.39 is 10.0 Å². The Balaban J connectivity index is 1.67. The Hall–Kier alpha value is -2.05. The Morgan fingerprint density at radius 2 is 1.88 bits per heavy atom. The van der Waals surface area contributed by atoms with Gasteiger partial charge in [-0.15, -0.1) is 0 Å². The van der Waals surface area contributed by atoms with Crippen molar-refractivity contribution in [1.82, 2.24) is 4.72 Å². The zero-order valence-electron chi connectivity index (χ0n) is 14.4. The summed E-state index contributed by atoms with van der Waals surface area (Å²) >= 11 is 0. The SMILES string of the molecule is Cc1ccc(C)c(S(=O)(=O)NCc2c3c(cc4c2OCC4)OCC3)c1. The molecule has 0 aromatic heterocycles.